The standard InChI is InChI=1S/C36H45F3N4O5/c1-24-20-43(25(2)23-44)35(46)31-19-30(41-34(45)28-14-16-40-17-15-28)12-13-32(31)48-26(3)7-5-6-18-47-33(24)22-42(4)21-27-8-10-29(11-9-27)36(37,38)39/h8-17,19,24-26,33,44H,5-7,18,20-23H2,1-4H3,(H,41,45)/t24-,25+,26+,33+/m0/s1. The third-order valence-corrected chi connectivity index (χ3v) is 8.48. The summed E-state index contributed by atoms with van der Waals surface area (Å²) in [6, 6.07) is 12.8. The van der Waals surface area contributed by atoms with E-state index in [2.05, 4.69) is 10.3 Å². The van der Waals surface area contributed by atoms with E-state index >= 15 is 0 Å². The Balaban J connectivity index is 1.58. The number of fused-ring (bicyclic) bond motifs is 1. The molecule has 0 saturated heterocycles. The first-order valence-corrected chi connectivity index (χ1v) is 16.3. The highest BCUT2D eigenvalue weighted by Gasteiger charge is 2.32. The van der Waals surface area contributed by atoms with Crippen molar-refractivity contribution in [1.29, 1.82) is 0 Å². The van der Waals surface area contributed by atoms with Crippen LogP contribution < -0.4 is 10.1 Å². The molecule has 2 aromatic carbocycles. The number of aliphatic hydroxyl groups excluding tert-OH is 1. The molecule has 0 fully saturated rings. The first-order valence-electron chi connectivity index (χ1n) is 16.3. The van der Waals surface area contributed by atoms with Crippen molar-refractivity contribution in [2.24, 2.45) is 5.92 Å². The SMILES string of the molecule is C[C@@H]1CCCCO[C@H](CN(C)Cc2ccc(C(F)(F)F)cc2)[C@@H](C)CN([C@H](C)CO)C(=O)c2cc(NC(=O)c3ccncc3)ccc2O1. The van der Waals surface area contributed by atoms with Crippen molar-refractivity contribution in [3.8, 4) is 5.75 Å². The number of carbonyl (C=O) groups excluding carboxylic acids is 2. The van der Waals surface area contributed by atoms with Crippen LogP contribution in [0.25, 0.3) is 0 Å². The van der Waals surface area contributed by atoms with Gasteiger partial charge >= 0.3 is 6.18 Å². The van der Waals surface area contributed by atoms with Crippen molar-refractivity contribution in [2.45, 2.75) is 71.0 Å². The van der Waals surface area contributed by atoms with Gasteiger partial charge in [-0.3, -0.25) is 19.5 Å². The quantitative estimate of drug-likeness (QED) is 0.291. The minimum atomic E-state index is -4.39. The van der Waals surface area contributed by atoms with E-state index in [0.29, 0.717) is 36.7 Å². The maximum Gasteiger partial charge on any atom is 0.416 e. The highest BCUT2D eigenvalue weighted by molar-refractivity contribution is 6.05. The summed E-state index contributed by atoms with van der Waals surface area (Å²) >= 11 is 0. The third-order valence-electron chi connectivity index (χ3n) is 8.48. The van der Waals surface area contributed by atoms with E-state index in [9.17, 15) is 27.9 Å². The van der Waals surface area contributed by atoms with Crippen LogP contribution in [0.5, 0.6) is 5.75 Å². The number of aliphatic hydroxyl groups is 1. The molecule has 3 aromatic rings. The van der Waals surface area contributed by atoms with Gasteiger partial charge in [0.05, 0.1) is 36.0 Å². The fraction of sp³-hybridized carbons (Fsp3) is 0.472. The van der Waals surface area contributed by atoms with E-state index in [1.54, 1.807) is 42.2 Å². The van der Waals surface area contributed by atoms with E-state index in [0.717, 1.165) is 37.0 Å². The molecule has 0 saturated carbocycles. The van der Waals surface area contributed by atoms with Crippen LogP contribution in [0.3, 0.4) is 0 Å². The molecule has 9 nitrogen and oxygen atoms in total. The molecule has 1 aliphatic heterocycles. The summed E-state index contributed by atoms with van der Waals surface area (Å²) in [6.45, 7) is 7.04. The van der Waals surface area contributed by atoms with Crippen molar-refractivity contribution < 1.29 is 37.3 Å². The van der Waals surface area contributed by atoms with E-state index in [1.807, 2.05) is 25.8 Å². The Kier molecular flexibility index (Phi) is 13.0. The van der Waals surface area contributed by atoms with Crippen LogP contribution in [-0.2, 0) is 17.5 Å². The van der Waals surface area contributed by atoms with Crippen molar-refractivity contribution in [1.82, 2.24) is 14.8 Å². The number of aromatic nitrogens is 1. The average molecular weight is 671 g/mol. The molecule has 2 amide bonds. The Morgan fingerprint density at radius 2 is 1.81 bits per heavy atom. The van der Waals surface area contributed by atoms with Gasteiger partial charge in [0.1, 0.15) is 5.75 Å². The van der Waals surface area contributed by atoms with Crippen LogP contribution in [0, 0.1) is 5.92 Å². The van der Waals surface area contributed by atoms with Gasteiger partial charge in [-0.25, -0.2) is 0 Å². The zero-order valence-corrected chi connectivity index (χ0v) is 27.9. The van der Waals surface area contributed by atoms with Crippen LogP contribution in [0.4, 0.5) is 18.9 Å². The second-order valence-electron chi connectivity index (χ2n) is 12.6. The van der Waals surface area contributed by atoms with Crippen LogP contribution in [0.1, 0.15) is 71.9 Å². The van der Waals surface area contributed by atoms with Crippen LogP contribution in [0.15, 0.2) is 67.0 Å². The summed E-state index contributed by atoms with van der Waals surface area (Å²) in [5.74, 6) is -0.508. The Morgan fingerprint density at radius 1 is 1.10 bits per heavy atom. The normalized spacial score (nSPS) is 20.4. The minimum Gasteiger partial charge on any atom is -0.490 e. The predicted molar refractivity (Wildman–Crippen MR) is 177 cm³/mol. The summed E-state index contributed by atoms with van der Waals surface area (Å²) in [5, 5.41) is 13.0. The second kappa shape index (κ2) is 16.9. The van der Waals surface area contributed by atoms with E-state index < -0.39 is 17.8 Å². The lowest BCUT2D eigenvalue weighted by Gasteiger charge is -2.36. The van der Waals surface area contributed by atoms with Gasteiger partial charge in [-0.1, -0.05) is 19.1 Å². The molecule has 0 aliphatic carbocycles. The lowest BCUT2D eigenvalue weighted by atomic mass is 10.0. The molecule has 0 radical (unpaired) electrons. The highest BCUT2D eigenvalue weighted by Crippen LogP contribution is 2.30. The molecule has 2 heterocycles. The molecular formula is C36H45F3N4O5. The van der Waals surface area contributed by atoms with Crippen LogP contribution in [0.2, 0.25) is 0 Å². The summed E-state index contributed by atoms with van der Waals surface area (Å²) < 4.78 is 51.8. The molecule has 0 spiro atoms. The number of hydrogen-bond donors (Lipinski definition) is 2. The number of hydrogen-bond acceptors (Lipinski definition) is 7. The lowest BCUT2D eigenvalue weighted by Crippen LogP contribution is -2.47. The molecule has 48 heavy (non-hydrogen) atoms. The number of anilines is 1. The van der Waals surface area contributed by atoms with Gasteiger partial charge in [0, 0.05) is 55.8 Å². The Bertz CT molecular complexity index is 1490. The minimum absolute atomic E-state index is 0.182. The largest absolute Gasteiger partial charge is 0.490 e. The third kappa shape index (κ3) is 10.2. The maximum atomic E-state index is 14.3. The van der Waals surface area contributed by atoms with Crippen molar-refractivity contribution in [3.05, 3.63) is 89.2 Å². The lowest BCUT2D eigenvalue weighted by molar-refractivity contribution is -0.137. The van der Waals surface area contributed by atoms with Gasteiger partial charge in [0.2, 0.25) is 0 Å². The van der Waals surface area contributed by atoms with Gasteiger partial charge in [0.25, 0.3) is 11.8 Å². The second-order valence-corrected chi connectivity index (χ2v) is 12.6. The molecule has 0 unspecified atom stereocenters. The molecule has 1 aliphatic rings. The number of nitrogens with one attached hydrogen (secondary N) is 1. The van der Waals surface area contributed by atoms with Crippen molar-refractivity contribution >= 4 is 17.5 Å². The summed E-state index contributed by atoms with van der Waals surface area (Å²) in [4.78, 5) is 34.8. The number of likely N-dealkylation sites (N-methyl/N-ethyl adjacent to an activating group) is 1. The van der Waals surface area contributed by atoms with Gasteiger partial charge in [-0.15, -0.1) is 0 Å². The first-order chi connectivity index (χ1) is 22.8. The molecule has 260 valence electrons. The predicted octanol–water partition coefficient (Wildman–Crippen LogP) is 6.28. The highest BCUT2D eigenvalue weighted by atomic mass is 19.4. The summed E-state index contributed by atoms with van der Waals surface area (Å²) in [6.07, 6.45) is 0.489. The fourth-order valence-electron chi connectivity index (χ4n) is 5.65. The number of benzene rings is 2. The Hall–Kier alpha value is -4.00. The number of halogens is 3. The molecule has 12 heteroatoms. The number of carbonyl (C=O) groups is 2. The first kappa shape index (κ1) is 36.8. The molecule has 0 bridgehead atoms. The van der Waals surface area contributed by atoms with Crippen molar-refractivity contribution in [3.63, 3.8) is 0 Å². The maximum absolute atomic E-state index is 14.3. The van der Waals surface area contributed by atoms with Crippen LogP contribution in [-0.4, -0.2) is 83.3 Å². The number of rotatable bonds is 8. The number of amides is 2. The molecular weight excluding hydrogens is 625 g/mol. The molecule has 1 aromatic heterocycles. The van der Waals surface area contributed by atoms with E-state index in [-0.39, 0.29) is 48.7 Å². The smallest absolute Gasteiger partial charge is 0.416 e. The Morgan fingerprint density at radius 3 is 2.48 bits per heavy atom. The van der Waals surface area contributed by atoms with Gasteiger partial charge in [0.15, 0.2) is 0 Å². The number of pyridine rings is 1. The molecule has 2 N–H and O–H groups in total. The monoisotopic (exact) mass is 670 g/mol. The molecule has 4 rings (SSSR count). The average Bonchev–Trinajstić information content (AvgIpc) is 3.06. The zero-order valence-electron chi connectivity index (χ0n) is 27.9. The van der Waals surface area contributed by atoms with E-state index in [4.69, 9.17) is 9.47 Å². The van der Waals surface area contributed by atoms with Gasteiger partial charge in [-0.05, 0) is 88.2 Å². The fourth-order valence-corrected chi connectivity index (χ4v) is 5.65. The number of nitrogens with zero attached hydrogens (tertiary/aromatic N) is 3. The van der Waals surface area contributed by atoms with Gasteiger partial charge < -0.3 is 24.8 Å². The number of alkyl halides is 3. The number of ether oxygens (including phenoxy) is 2. The van der Waals surface area contributed by atoms with Gasteiger partial charge in [-0.2, -0.15) is 13.2 Å². The van der Waals surface area contributed by atoms with E-state index in [1.165, 1.54) is 24.5 Å². The van der Waals surface area contributed by atoms with Crippen LogP contribution >= 0.6 is 0 Å². The summed E-state index contributed by atoms with van der Waals surface area (Å²) in [7, 11) is 1.88. The zero-order chi connectivity index (χ0) is 34.8. The van der Waals surface area contributed by atoms with Crippen molar-refractivity contribution in [2.75, 3.05) is 38.7 Å². The topological polar surface area (TPSA) is 104 Å². The Labute approximate surface area is 280 Å². The summed E-state index contributed by atoms with van der Waals surface area (Å²) in [5.41, 5.74) is 1.14. The molecule has 4 atom stereocenters.